The van der Waals surface area contributed by atoms with E-state index in [4.69, 9.17) is 9.47 Å². The fourth-order valence-corrected chi connectivity index (χ4v) is 2.12. The standard InChI is InChI=1S/C16H23NO3/c1-4-6-7-14(18)13(11-17)12-8-9-15(19-3)16(10-12)20-5-2/h8-10,13-14,18H,4-7H2,1-3H3. The molecule has 110 valence electrons. The Balaban J connectivity index is 2.98. The van der Waals surface area contributed by atoms with Crippen molar-refractivity contribution in [3.63, 3.8) is 0 Å². The molecule has 2 unspecified atom stereocenters. The number of unbranched alkanes of at least 4 members (excludes halogenated alkanes) is 1. The Labute approximate surface area is 120 Å². The van der Waals surface area contributed by atoms with Gasteiger partial charge in [-0.3, -0.25) is 0 Å². The quantitative estimate of drug-likeness (QED) is 0.792. The van der Waals surface area contributed by atoms with Gasteiger partial charge in [-0.25, -0.2) is 0 Å². The van der Waals surface area contributed by atoms with Crippen LogP contribution in [0, 0.1) is 11.3 Å². The Hall–Kier alpha value is -1.73. The number of aliphatic hydroxyl groups is 1. The summed E-state index contributed by atoms with van der Waals surface area (Å²) in [4.78, 5) is 0. The van der Waals surface area contributed by atoms with Crippen molar-refractivity contribution in [3.8, 4) is 17.6 Å². The molecule has 0 saturated heterocycles. The van der Waals surface area contributed by atoms with Gasteiger partial charge in [-0.15, -0.1) is 0 Å². The molecular formula is C16H23NO3. The van der Waals surface area contributed by atoms with E-state index in [9.17, 15) is 10.4 Å². The lowest BCUT2D eigenvalue weighted by Crippen LogP contribution is -2.17. The SMILES string of the molecule is CCCCC(O)C(C#N)c1ccc(OC)c(OCC)c1. The van der Waals surface area contributed by atoms with Gasteiger partial charge in [0.25, 0.3) is 0 Å². The van der Waals surface area contributed by atoms with E-state index < -0.39 is 12.0 Å². The van der Waals surface area contributed by atoms with Crippen LogP contribution in [-0.4, -0.2) is 24.9 Å². The Morgan fingerprint density at radius 2 is 2.05 bits per heavy atom. The minimum Gasteiger partial charge on any atom is -0.493 e. The zero-order valence-electron chi connectivity index (χ0n) is 12.4. The molecule has 1 N–H and O–H groups in total. The number of benzene rings is 1. The van der Waals surface area contributed by atoms with Crippen LogP contribution >= 0.6 is 0 Å². The molecular weight excluding hydrogens is 254 g/mol. The fraction of sp³-hybridized carbons (Fsp3) is 0.562. The van der Waals surface area contributed by atoms with Crippen molar-refractivity contribution < 1.29 is 14.6 Å². The maximum Gasteiger partial charge on any atom is 0.161 e. The molecule has 1 aromatic carbocycles. The Bertz CT molecular complexity index is 454. The number of rotatable bonds is 8. The molecule has 0 aromatic heterocycles. The molecule has 1 aromatic rings. The van der Waals surface area contributed by atoms with Crippen LogP contribution in [0.15, 0.2) is 18.2 Å². The summed E-state index contributed by atoms with van der Waals surface area (Å²) in [5.74, 6) is 0.706. The number of nitrogens with zero attached hydrogens (tertiary/aromatic N) is 1. The second-order valence-corrected chi connectivity index (χ2v) is 4.66. The average Bonchev–Trinajstić information content (AvgIpc) is 2.46. The van der Waals surface area contributed by atoms with Crippen molar-refractivity contribution in [3.05, 3.63) is 23.8 Å². The summed E-state index contributed by atoms with van der Waals surface area (Å²) >= 11 is 0. The van der Waals surface area contributed by atoms with Crippen molar-refractivity contribution in [2.75, 3.05) is 13.7 Å². The lowest BCUT2D eigenvalue weighted by atomic mass is 9.91. The highest BCUT2D eigenvalue weighted by Crippen LogP contribution is 2.32. The zero-order chi connectivity index (χ0) is 15.0. The van der Waals surface area contributed by atoms with Gasteiger partial charge in [-0.1, -0.05) is 25.8 Å². The van der Waals surface area contributed by atoms with Gasteiger partial charge in [-0.2, -0.15) is 5.26 Å². The number of methoxy groups -OCH3 is 1. The molecule has 0 amide bonds. The van der Waals surface area contributed by atoms with Crippen LogP contribution in [0.3, 0.4) is 0 Å². The van der Waals surface area contributed by atoms with Gasteiger partial charge in [0.1, 0.15) is 0 Å². The second-order valence-electron chi connectivity index (χ2n) is 4.66. The molecule has 20 heavy (non-hydrogen) atoms. The predicted molar refractivity (Wildman–Crippen MR) is 78.0 cm³/mol. The molecule has 4 nitrogen and oxygen atoms in total. The maximum absolute atomic E-state index is 10.1. The number of hydrogen-bond donors (Lipinski definition) is 1. The Kier molecular flexibility index (Phi) is 6.89. The molecule has 0 radical (unpaired) electrons. The van der Waals surface area contributed by atoms with E-state index in [1.165, 1.54) is 0 Å². The first-order chi connectivity index (χ1) is 9.67. The predicted octanol–water partition coefficient (Wildman–Crippen LogP) is 3.25. The molecule has 0 aliphatic carbocycles. The van der Waals surface area contributed by atoms with Crippen molar-refractivity contribution in [2.24, 2.45) is 0 Å². The molecule has 4 heteroatoms. The van der Waals surface area contributed by atoms with Gasteiger partial charge in [-0.05, 0) is 31.0 Å². The molecule has 0 fully saturated rings. The van der Waals surface area contributed by atoms with Crippen LogP contribution in [0.1, 0.15) is 44.6 Å². The first-order valence-corrected chi connectivity index (χ1v) is 7.06. The lowest BCUT2D eigenvalue weighted by Gasteiger charge is -2.18. The molecule has 0 heterocycles. The third-order valence-corrected chi connectivity index (χ3v) is 3.22. The zero-order valence-corrected chi connectivity index (χ0v) is 12.4. The van der Waals surface area contributed by atoms with Crippen LogP contribution in [0.4, 0.5) is 0 Å². The van der Waals surface area contributed by atoms with Crippen molar-refractivity contribution in [1.29, 1.82) is 5.26 Å². The first kappa shape index (κ1) is 16.3. The van der Waals surface area contributed by atoms with Gasteiger partial charge in [0, 0.05) is 0 Å². The molecule has 0 spiro atoms. The number of ether oxygens (including phenoxy) is 2. The topological polar surface area (TPSA) is 62.5 Å². The number of aliphatic hydroxyl groups excluding tert-OH is 1. The smallest absolute Gasteiger partial charge is 0.161 e. The Morgan fingerprint density at radius 1 is 1.30 bits per heavy atom. The van der Waals surface area contributed by atoms with Crippen LogP contribution in [0.25, 0.3) is 0 Å². The van der Waals surface area contributed by atoms with Crippen LogP contribution in [0.2, 0.25) is 0 Å². The molecule has 1 rings (SSSR count). The maximum atomic E-state index is 10.1. The van der Waals surface area contributed by atoms with Crippen LogP contribution in [0.5, 0.6) is 11.5 Å². The summed E-state index contributed by atoms with van der Waals surface area (Å²) in [6, 6.07) is 7.56. The normalized spacial score (nSPS) is 13.3. The molecule has 2 atom stereocenters. The first-order valence-electron chi connectivity index (χ1n) is 7.06. The summed E-state index contributed by atoms with van der Waals surface area (Å²) in [5, 5.41) is 19.5. The Morgan fingerprint density at radius 3 is 2.60 bits per heavy atom. The van der Waals surface area contributed by atoms with Crippen molar-refractivity contribution in [1.82, 2.24) is 0 Å². The molecule has 0 aliphatic heterocycles. The summed E-state index contributed by atoms with van der Waals surface area (Å²) in [5.41, 5.74) is 0.764. The van der Waals surface area contributed by atoms with E-state index in [0.29, 0.717) is 24.5 Å². The highest BCUT2D eigenvalue weighted by atomic mass is 16.5. The van der Waals surface area contributed by atoms with E-state index in [2.05, 4.69) is 13.0 Å². The minimum atomic E-state index is -0.650. The van der Waals surface area contributed by atoms with E-state index in [1.807, 2.05) is 13.0 Å². The highest BCUT2D eigenvalue weighted by Gasteiger charge is 2.21. The largest absolute Gasteiger partial charge is 0.493 e. The van der Waals surface area contributed by atoms with E-state index in [1.54, 1.807) is 19.2 Å². The minimum absolute atomic E-state index is 0.523. The second kappa shape index (κ2) is 8.44. The average molecular weight is 277 g/mol. The van der Waals surface area contributed by atoms with E-state index in [-0.39, 0.29) is 0 Å². The van der Waals surface area contributed by atoms with Gasteiger partial charge >= 0.3 is 0 Å². The van der Waals surface area contributed by atoms with E-state index >= 15 is 0 Å². The summed E-state index contributed by atoms with van der Waals surface area (Å²) < 4.78 is 10.7. The monoisotopic (exact) mass is 277 g/mol. The number of hydrogen-bond acceptors (Lipinski definition) is 4. The van der Waals surface area contributed by atoms with Crippen LogP contribution < -0.4 is 9.47 Å². The van der Waals surface area contributed by atoms with Crippen LogP contribution in [-0.2, 0) is 0 Å². The summed E-state index contributed by atoms with van der Waals surface area (Å²) in [7, 11) is 1.58. The lowest BCUT2D eigenvalue weighted by molar-refractivity contribution is 0.148. The third-order valence-electron chi connectivity index (χ3n) is 3.22. The van der Waals surface area contributed by atoms with Gasteiger partial charge in [0.2, 0.25) is 0 Å². The van der Waals surface area contributed by atoms with Gasteiger partial charge in [0.15, 0.2) is 11.5 Å². The number of nitriles is 1. The summed E-state index contributed by atoms with van der Waals surface area (Å²) in [6.45, 7) is 4.48. The van der Waals surface area contributed by atoms with Gasteiger partial charge in [0.05, 0.1) is 31.8 Å². The molecule has 0 bridgehead atoms. The third kappa shape index (κ3) is 4.14. The highest BCUT2D eigenvalue weighted by molar-refractivity contribution is 5.45. The fourth-order valence-electron chi connectivity index (χ4n) is 2.12. The molecule has 0 saturated carbocycles. The van der Waals surface area contributed by atoms with Crippen molar-refractivity contribution >= 4 is 0 Å². The van der Waals surface area contributed by atoms with Gasteiger partial charge < -0.3 is 14.6 Å². The van der Waals surface area contributed by atoms with E-state index in [0.717, 1.165) is 18.4 Å². The summed E-state index contributed by atoms with van der Waals surface area (Å²) in [6.07, 6.45) is 1.89. The van der Waals surface area contributed by atoms with Crippen molar-refractivity contribution in [2.45, 2.75) is 45.1 Å². The molecule has 0 aliphatic rings.